The predicted octanol–water partition coefficient (Wildman–Crippen LogP) is 4.92. The molecule has 3 aromatic carbocycles. The molecule has 0 unspecified atom stereocenters. The van der Waals surface area contributed by atoms with E-state index in [2.05, 4.69) is 15.3 Å². The second-order valence-corrected chi connectivity index (χ2v) is 7.75. The van der Waals surface area contributed by atoms with Gasteiger partial charge in [0.25, 0.3) is 5.91 Å². The number of para-hydroxylation sites is 1. The molecule has 0 saturated heterocycles. The molecule has 1 amide bonds. The number of fused-ring (bicyclic) bond motifs is 1. The van der Waals surface area contributed by atoms with Crippen molar-refractivity contribution in [1.29, 1.82) is 0 Å². The third kappa shape index (κ3) is 5.26. The Kier molecular flexibility index (Phi) is 6.46. The molecule has 178 valence electrons. The summed E-state index contributed by atoms with van der Waals surface area (Å²) in [6.07, 6.45) is -3.65. The Morgan fingerprint density at radius 1 is 0.914 bits per heavy atom. The fraction of sp³-hybridized carbons (Fsp3) is 0.120. The number of primary amides is 1. The minimum atomic E-state index is -4.68. The Hall–Kier alpha value is -4.34. The lowest BCUT2D eigenvalue weighted by Crippen LogP contribution is -2.12. The third-order valence-corrected chi connectivity index (χ3v) is 5.34. The lowest BCUT2D eigenvalue weighted by atomic mass is 9.99. The van der Waals surface area contributed by atoms with E-state index in [0.29, 0.717) is 40.5 Å². The summed E-state index contributed by atoms with van der Waals surface area (Å²) in [6.45, 7) is 0.285. The molecule has 0 spiro atoms. The van der Waals surface area contributed by atoms with Crippen molar-refractivity contribution in [2.45, 2.75) is 19.1 Å². The average Bonchev–Trinajstić information content (AvgIpc) is 2.82. The molecule has 1 heterocycles. The molecule has 0 atom stereocenters. The maximum absolute atomic E-state index is 14.1. The highest BCUT2D eigenvalue weighted by atomic mass is 19.4. The van der Waals surface area contributed by atoms with Crippen LogP contribution in [0.1, 0.15) is 37.4 Å². The molecule has 1 aromatic heterocycles. The lowest BCUT2D eigenvalue weighted by Gasteiger charge is -2.11. The number of hydrogen-bond donors (Lipinski definition) is 2. The number of hydrogen-bond acceptors (Lipinski definition) is 5. The first-order valence-corrected chi connectivity index (χ1v) is 10.4. The number of aromatic nitrogens is 2. The zero-order valence-electron chi connectivity index (χ0n) is 18.1. The number of ketones is 1. The van der Waals surface area contributed by atoms with Gasteiger partial charge in [0.1, 0.15) is 18.0 Å². The van der Waals surface area contributed by atoms with E-state index in [-0.39, 0.29) is 18.5 Å². The van der Waals surface area contributed by atoms with Gasteiger partial charge in [0, 0.05) is 18.4 Å². The van der Waals surface area contributed by atoms with Gasteiger partial charge in [-0.25, -0.2) is 14.4 Å². The number of alkyl halides is 3. The summed E-state index contributed by atoms with van der Waals surface area (Å²) >= 11 is 0. The fourth-order valence-electron chi connectivity index (χ4n) is 3.66. The van der Waals surface area contributed by atoms with Crippen LogP contribution in [0.4, 0.5) is 23.4 Å². The van der Waals surface area contributed by atoms with Crippen molar-refractivity contribution < 1.29 is 27.2 Å². The second kappa shape index (κ2) is 9.49. The summed E-state index contributed by atoms with van der Waals surface area (Å²) in [5, 5.41) is 3.74. The van der Waals surface area contributed by atoms with Crippen LogP contribution in [-0.2, 0) is 19.1 Å². The molecule has 4 aromatic rings. The van der Waals surface area contributed by atoms with Crippen LogP contribution in [0, 0.1) is 5.82 Å². The Labute approximate surface area is 196 Å². The van der Waals surface area contributed by atoms with Gasteiger partial charge in [-0.2, -0.15) is 13.2 Å². The highest BCUT2D eigenvalue weighted by molar-refractivity contribution is 6.06. The zero-order valence-corrected chi connectivity index (χ0v) is 18.1. The van der Waals surface area contributed by atoms with Crippen LogP contribution < -0.4 is 11.1 Å². The van der Waals surface area contributed by atoms with Gasteiger partial charge < -0.3 is 11.1 Å². The third-order valence-electron chi connectivity index (χ3n) is 5.34. The smallest absolute Gasteiger partial charge is 0.366 e. The molecule has 0 aliphatic heterocycles. The molecular formula is C25H18F4N4O2. The molecule has 0 aliphatic rings. The number of amides is 1. The molecule has 0 radical (unpaired) electrons. The van der Waals surface area contributed by atoms with E-state index in [0.717, 1.165) is 5.56 Å². The molecule has 0 fully saturated rings. The standard InChI is InChI=1S/C25H18F4N4O2/c26-20-8-7-16(25(27,28)29)11-19(20)21(34)10-14-3-1-4-15(9-14)12-31-24-18-6-2-5-17(23(30)35)22(18)32-13-33-24/h1-9,11,13H,10,12H2,(H2,30,35)(H,31,32,33). The van der Waals surface area contributed by atoms with Gasteiger partial charge in [-0.1, -0.05) is 30.3 Å². The first-order chi connectivity index (χ1) is 16.6. The highest BCUT2D eigenvalue weighted by Crippen LogP contribution is 2.30. The number of Topliss-reactive ketones (excluding diaryl/α,β-unsaturated/α-hetero) is 1. The largest absolute Gasteiger partial charge is 0.416 e. The molecular weight excluding hydrogens is 464 g/mol. The second-order valence-electron chi connectivity index (χ2n) is 7.75. The van der Waals surface area contributed by atoms with Crippen molar-refractivity contribution >= 4 is 28.4 Å². The molecule has 10 heteroatoms. The number of benzene rings is 3. The average molecular weight is 482 g/mol. The van der Waals surface area contributed by atoms with E-state index in [1.165, 1.54) is 6.33 Å². The van der Waals surface area contributed by atoms with E-state index in [1.54, 1.807) is 42.5 Å². The van der Waals surface area contributed by atoms with E-state index in [1.807, 2.05) is 0 Å². The summed E-state index contributed by atoms with van der Waals surface area (Å²) in [4.78, 5) is 32.6. The van der Waals surface area contributed by atoms with E-state index >= 15 is 0 Å². The van der Waals surface area contributed by atoms with E-state index in [9.17, 15) is 27.2 Å². The van der Waals surface area contributed by atoms with Gasteiger partial charge in [0.2, 0.25) is 0 Å². The zero-order chi connectivity index (χ0) is 25.2. The van der Waals surface area contributed by atoms with Crippen molar-refractivity contribution in [2.75, 3.05) is 5.32 Å². The van der Waals surface area contributed by atoms with Crippen LogP contribution in [0.25, 0.3) is 10.9 Å². The number of halogens is 4. The minimum Gasteiger partial charge on any atom is -0.366 e. The number of anilines is 1. The first-order valence-electron chi connectivity index (χ1n) is 10.4. The normalized spacial score (nSPS) is 11.4. The van der Waals surface area contributed by atoms with Crippen molar-refractivity contribution in [1.82, 2.24) is 9.97 Å². The van der Waals surface area contributed by atoms with Crippen LogP contribution in [0.15, 0.2) is 67.0 Å². The molecule has 0 saturated carbocycles. The van der Waals surface area contributed by atoms with Gasteiger partial charge in [0.15, 0.2) is 5.78 Å². The van der Waals surface area contributed by atoms with Crippen molar-refractivity contribution in [3.8, 4) is 0 Å². The summed E-state index contributed by atoms with van der Waals surface area (Å²) in [7, 11) is 0. The van der Waals surface area contributed by atoms with Crippen molar-refractivity contribution in [2.24, 2.45) is 5.73 Å². The maximum atomic E-state index is 14.1. The minimum absolute atomic E-state index is 0.260. The van der Waals surface area contributed by atoms with Crippen LogP contribution in [0.3, 0.4) is 0 Å². The molecule has 3 N–H and O–H groups in total. The quantitative estimate of drug-likeness (QED) is 0.288. The maximum Gasteiger partial charge on any atom is 0.416 e. The highest BCUT2D eigenvalue weighted by Gasteiger charge is 2.31. The van der Waals surface area contributed by atoms with Gasteiger partial charge in [0.05, 0.1) is 22.2 Å². The number of nitrogens with zero attached hydrogens (tertiary/aromatic N) is 2. The number of rotatable bonds is 7. The Morgan fingerprint density at radius 2 is 1.66 bits per heavy atom. The number of carbonyl (C=O) groups excluding carboxylic acids is 2. The number of carbonyl (C=O) groups is 2. The van der Waals surface area contributed by atoms with Gasteiger partial charge in [-0.15, -0.1) is 0 Å². The number of nitrogens with two attached hydrogens (primary N) is 1. The van der Waals surface area contributed by atoms with Gasteiger partial charge >= 0.3 is 6.18 Å². The van der Waals surface area contributed by atoms with Crippen LogP contribution in [0.2, 0.25) is 0 Å². The van der Waals surface area contributed by atoms with Crippen LogP contribution in [-0.4, -0.2) is 21.7 Å². The summed E-state index contributed by atoms with van der Waals surface area (Å²) in [5.41, 5.74) is 5.63. The lowest BCUT2D eigenvalue weighted by molar-refractivity contribution is -0.137. The summed E-state index contributed by atoms with van der Waals surface area (Å²) in [6, 6.07) is 13.5. The Bertz CT molecular complexity index is 1440. The number of nitrogens with one attached hydrogen (secondary N) is 1. The predicted molar refractivity (Wildman–Crippen MR) is 121 cm³/mol. The molecule has 35 heavy (non-hydrogen) atoms. The summed E-state index contributed by atoms with van der Waals surface area (Å²) in [5.74, 6) is -1.92. The monoisotopic (exact) mass is 482 g/mol. The Balaban J connectivity index is 1.52. The van der Waals surface area contributed by atoms with Crippen LogP contribution in [0.5, 0.6) is 0 Å². The van der Waals surface area contributed by atoms with E-state index < -0.39 is 34.8 Å². The Morgan fingerprint density at radius 3 is 2.40 bits per heavy atom. The van der Waals surface area contributed by atoms with Crippen molar-refractivity contribution in [3.05, 3.63) is 101 Å². The van der Waals surface area contributed by atoms with Crippen molar-refractivity contribution in [3.63, 3.8) is 0 Å². The molecule has 6 nitrogen and oxygen atoms in total. The molecule has 0 bridgehead atoms. The van der Waals surface area contributed by atoms with E-state index in [4.69, 9.17) is 5.73 Å². The topological polar surface area (TPSA) is 98.0 Å². The summed E-state index contributed by atoms with van der Waals surface area (Å²) < 4.78 is 52.9. The van der Waals surface area contributed by atoms with Gasteiger partial charge in [-0.3, -0.25) is 9.59 Å². The fourth-order valence-corrected chi connectivity index (χ4v) is 3.66. The first kappa shape index (κ1) is 23.8. The molecule has 4 rings (SSSR count). The van der Waals surface area contributed by atoms with Crippen LogP contribution >= 0.6 is 0 Å². The molecule has 0 aliphatic carbocycles. The SMILES string of the molecule is NC(=O)c1cccc2c(NCc3cccc(CC(=O)c4cc(C(F)(F)F)ccc4F)c3)ncnc12. The van der Waals surface area contributed by atoms with Gasteiger partial charge in [-0.05, 0) is 41.5 Å².